The number of thiophene rings is 1. The van der Waals surface area contributed by atoms with E-state index in [0.717, 1.165) is 42.0 Å². The van der Waals surface area contributed by atoms with Crippen LogP contribution in [0.1, 0.15) is 48.4 Å². The predicted octanol–water partition coefficient (Wildman–Crippen LogP) is 6.64. The topological polar surface area (TPSA) is 51.1 Å². The fourth-order valence-corrected chi connectivity index (χ4v) is 5.56. The van der Waals surface area contributed by atoms with Gasteiger partial charge >= 0.3 is 0 Å². The van der Waals surface area contributed by atoms with Gasteiger partial charge in [-0.3, -0.25) is 14.9 Å². The highest BCUT2D eigenvalue weighted by Gasteiger charge is 2.35. The first kappa shape index (κ1) is 20.1. The molecular weight excluding hydrogens is 392 g/mol. The van der Waals surface area contributed by atoms with Gasteiger partial charge < -0.3 is 4.57 Å². The van der Waals surface area contributed by atoms with E-state index in [1.165, 1.54) is 0 Å². The highest BCUT2D eigenvalue weighted by molar-refractivity contribution is 7.26. The maximum atomic E-state index is 12.7. The number of hydrogen-bond acceptors (Lipinski definition) is 3. The number of aromatic nitrogens is 1. The predicted molar refractivity (Wildman–Crippen MR) is 128 cm³/mol. The van der Waals surface area contributed by atoms with Crippen molar-refractivity contribution >= 4 is 65.1 Å². The maximum Gasteiger partial charge on any atom is 0.260 e. The van der Waals surface area contributed by atoms with Gasteiger partial charge in [0.15, 0.2) is 0 Å². The molecule has 0 radical (unpaired) electrons. The van der Waals surface area contributed by atoms with Crippen LogP contribution in [0.25, 0.3) is 42.0 Å². The summed E-state index contributed by atoms with van der Waals surface area (Å²) < 4.78 is 4.15. The van der Waals surface area contributed by atoms with Gasteiger partial charge in [0, 0.05) is 38.8 Å². The number of para-hydroxylation sites is 1. The number of amides is 2. The Hall–Kier alpha value is -3.18. The molecule has 0 atom stereocenters. The van der Waals surface area contributed by atoms with Crippen LogP contribution in [-0.2, 0) is 7.05 Å². The minimum atomic E-state index is -0.300. The van der Waals surface area contributed by atoms with E-state index in [-0.39, 0.29) is 11.8 Å². The second-order valence-electron chi connectivity index (χ2n) is 6.64. The van der Waals surface area contributed by atoms with Crippen LogP contribution in [0.2, 0.25) is 0 Å². The van der Waals surface area contributed by atoms with Gasteiger partial charge in [0.2, 0.25) is 0 Å². The van der Waals surface area contributed by atoms with Crippen molar-refractivity contribution in [2.45, 2.75) is 27.7 Å². The van der Waals surface area contributed by atoms with E-state index in [1.807, 2.05) is 65.1 Å². The number of imide groups is 1. The van der Waals surface area contributed by atoms with E-state index in [2.05, 4.69) is 28.1 Å². The number of fused-ring (bicyclic) bond motifs is 10. The van der Waals surface area contributed by atoms with Crippen LogP contribution in [0.15, 0.2) is 48.5 Å². The molecule has 1 N–H and O–H groups in total. The monoisotopic (exact) mass is 416 g/mol. The summed E-state index contributed by atoms with van der Waals surface area (Å²) in [5.74, 6) is -0.595. The van der Waals surface area contributed by atoms with E-state index >= 15 is 0 Å². The van der Waals surface area contributed by atoms with Crippen LogP contribution in [0.3, 0.4) is 0 Å². The van der Waals surface area contributed by atoms with Crippen molar-refractivity contribution in [3.05, 3.63) is 59.7 Å². The first-order chi connectivity index (χ1) is 14.7. The van der Waals surface area contributed by atoms with Crippen molar-refractivity contribution < 1.29 is 9.59 Å². The summed E-state index contributed by atoms with van der Waals surface area (Å²) in [5, 5.41) is 6.56. The molecule has 6 rings (SSSR count). The van der Waals surface area contributed by atoms with Gasteiger partial charge in [0.25, 0.3) is 11.8 Å². The van der Waals surface area contributed by atoms with Crippen LogP contribution < -0.4 is 5.32 Å². The third kappa shape index (κ3) is 2.52. The smallest absolute Gasteiger partial charge is 0.260 e. The fourth-order valence-electron chi connectivity index (χ4n) is 4.31. The van der Waals surface area contributed by atoms with Gasteiger partial charge in [-0.15, -0.1) is 11.3 Å². The van der Waals surface area contributed by atoms with E-state index in [1.54, 1.807) is 11.3 Å². The highest BCUT2D eigenvalue weighted by atomic mass is 32.1. The Morgan fingerprint density at radius 1 is 0.767 bits per heavy atom. The lowest BCUT2D eigenvalue weighted by Gasteiger charge is -2.05. The van der Waals surface area contributed by atoms with Crippen molar-refractivity contribution in [2.24, 2.45) is 7.05 Å². The van der Waals surface area contributed by atoms with Crippen molar-refractivity contribution in [3.8, 4) is 0 Å². The Bertz CT molecular complexity index is 1460. The average molecular weight is 417 g/mol. The Morgan fingerprint density at radius 2 is 1.37 bits per heavy atom. The van der Waals surface area contributed by atoms with E-state index in [4.69, 9.17) is 0 Å². The van der Waals surface area contributed by atoms with Crippen LogP contribution in [0.4, 0.5) is 0 Å². The Kier molecular flexibility index (Phi) is 5.08. The number of carbonyl (C=O) groups excluding carboxylic acids is 2. The van der Waals surface area contributed by atoms with Gasteiger partial charge in [-0.25, -0.2) is 0 Å². The van der Waals surface area contributed by atoms with E-state index in [0.29, 0.717) is 11.1 Å². The third-order valence-electron chi connectivity index (χ3n) is 5.35. The number of nitrogens with zero attached hydrogens (tertiary/aromatic N) is 1. The van der Waals surface area contributed by atoms with Crippen molar-refractivity contribution in [1.82, 2.24) is 9.88 Å². The van der Waals surface area contributed by atoms with Crippen molar-refractivity contribution in [2.75, 3.05) is 0 Å². The molecule has 0 spiro atoms. The highest BCUT2D eigenvalue weighted by Crippen LogP contribution is 2.46. The number of rotatable bonds is 0. The van der Waals surface area contributed by atoms with E-state index < -0.39 is 0 Å². The molecule has 0 saturated heterocycles. The molecular formula is C25H24N2O2S. The quantitative estimate of drug-likeness (QED) is 0.288. The zero-order valence-corrected chi connectivity index (χ0v) is 18.6. The SMILES string of the molecule is CC.CC.Cn1c2ccccc2c2c3c(c4sc5ccccc5c4c21)C(=O)NC3=O. The zero-order valence-electron chi connectivity index (χ0n) is 17.8. The largest absolute Gasteiger partial charge is 0.343 e. The summed E-state index contributed by atoms with van der Waals surface area (Å²) in [6.45, 7) is 8.00. The first-order valence-corrected chi connectivity index (χ1v) is 11.2. The molecule has 3 aromatic carbocycles. The zero-order chi connectivity index (χ0) is 21.6. The number of hydrogen-bond donors (Lipinski definition) is 1. The second-order valence-corrected chi connectivity index (χ2v) is 7.69. The van der Waals surface area contributed by atoms with Crippen molar-refractivity contribution in [1.29, 1.82) is 0 Å². The summed E-state index contributed by atoms with van der Waals surface area (Å²) in [7, 11) is 2.03. The van der Waals surface area contributed by atoms with Gasteiger partial charge in [-0.1, -0.05) is 64.1 Å². The molecule has 1 aliphatic heterocycles. The normalized spacial score (nSPS) is 12.6. The standard InChI is InChI=1S/C21H12N2O2S.2C2H6/c1-23-12-8-4-2-6-10(12)14-16-17(21(25)22-20(16)24)19-15(18(14)23)11-7-3-5-9-13(11)26-19;2*1-2/h2-9H,1H3,(H,22,24,25);2*1-2H3. The Labute approximate surface area is 179 Å². The van der Waals surface area contributed by atoms with Crippen LogP contribution in [0, 0.1) is 0 Å². The number of nitrogens with one attached hydrogen (secondary N) is 1. The molecule has 0 aliphatic carbocycles. The van der Waals surface area contributed by atoms with Gasteiger partial charge in [-0.05, 0) is 12.1 Å². The van der Waals surface area contributed by atoms with Crippen LogP contribution in [-0.4, -0.2) is 16.4 Å². The summed E-state index contributed by atoms with van der Waals surface area (Å²) in [4.78, 5) is 25.3. The number of carbonyl (C=O) groups is 2. The fraction of sp³-hybridized carbons (Fsp3) is 0.200. The molecule has 0 bridgehead atoms. The molecule has 152 valence electrons. The summed E-state index contributed by atoms with van der Waals surface area (Å²) in [6, 6.07) is 16.2. The maximum absolute atomic E-state index is 12.7. The Morgan fingerprint density at radius 3 is 2.10 bits per heavy atom. The van der Waals surface area contributed by atoms with Crippen LogP contribution in [0.5, 0.6) is 0 Å². The molecule has 1 aliphatic rings. The third-order valence-corrected chi connectivity index (χ3v) is 6.54. The molecule has 0 saturated carbocycles. The lowest BCUT2D eigenvalue weighted by atomic mass is 9.98. The molecule has 2 aromatic heterocycles. The Balaban J connectivity index is 0.000000516. The van der Waals surface area contributed by atoms with E-state index in [9.17, 15) is 9.59 Å². The molecule has 3 heterocycles. The minimum Gasteiger partial charge on any atom is -0.343 e. The molecule has 5 aromatic rings. The van der Waals surface area contributed by atoms with Gasteiger partial charge in [0.05, 0.1) is 21.3 Å². The number of aryl methyl sites for hydroxylation is 1. The molecule has 5 heteroatoms. The second kappa shape index (κ2) is 7.58. The molecule has 30 heavy (non-hydrogen) atoms. The lowest BCUT2D eigenvalue weighted by Crippen LogP contribution is -2.20. The average Bonchev–Trinajstić information content (AvgIpc) is 3.41. The summed E-state index contributed by atoms with van der Waals surface area (Å²) >= 11 is 1.58. The molecule has 4 nitrogen and oxygen atoms in total. The minimum absolute atomic E-state index is 0.295. The van der Waals surface area contributed by atoms with Gasteiger partial charge in [0.1, 0.15) is 0 Å². The molecule has 0 fully saturated rings. The summed E-state index contributed by atoms with van der Waals surface area (Å²) in [6.07, 6.45) is 0. The first-order valence-electron chi connectivity index (χ1n) is 10.4. The van der Waals surface area contributed by atoms with Crippen LogP contribution >= 0.6 is 11.3 Å². The van der Waals surface area contributed by atoms with Gasteiger partial charge in [-0.2, -0.15) is 0 Å². The summed E-state index contributed by atoms with van der Waals surface area (Å²) in [5.41, 5.74) is 3.11. The number of benzene rings is 3. The molecule has 0 unspecified atom stereocenters. The molecule has 2 amide bonds. The van der Waals surface area contributed by atoms with Crippen molar-refractivity contribution in [3.63, 3.8) is 0 Å². The lowest BCUT2D eigenvalue weighted by molar-refractivity contribution is 0.0880.